The summed E-state index contributed by atoms with van der Waals surface area (Å²) in [6.07, 6.45) is 0.314. The van der Waals surface area contributed by atoms with E-state index in [0.717, 1.165) is 0 Å². The molecular weight excluding hydrogens is 368 g/mol. The molecule has 3 amide bonds. The molecule has 0 aromatic rings. The van der Waals surface area contributed by atoms with Crippen molar-refractivity contribution in [3.63, 3.8) is 0 Å². The number of carboxylic acids is 2. The second kappa shape index (κ2) is 9.97. The number of nitrogens with zero attached hydrogens (tertiary/aromatic N) is 1. The number of thiol groups is 1. The van der Waals surface area contributed by atoms with E-state index in [-0.39, 0.29) is 12.3 Å². The fraction of sp³-hybridized carbons (Fsp3) is 0.643. The molecule has 0 saturated carbocycles. The largest absolute Gasteiger partial charge is 0.481 e. The quantitative estimate of drug-likeness (QED) is 0.232. The van der Waals surface area contributed by atoms with Crippen LogP contribution in [-0.4, -0.2) is 81.7 Å². The van der Waals surface area contributed by atoms with Crippen molar-refractivity contribution in [2.24, 2.45) is 5.73 Å². The van der Waals surface area contributed by atoms with Crippen molar-refractivity contribution in [1.82, 2.24) is 15.5 Å². The molecule has 1 aliphatic rings. The van der Waals surface area contributed by atoms with Gasteiger partial charge in [0.15, 0.2) is 0 Å². The Kier molecular flexibility index (Phi) is 8.32. The highest BCUT2D eigenvalue weighted by molar-refractivity contribution is 7.80. The Hall–Kier alpha value is -2.34. The highest BCUT2D eigenvalue weighted by Gasteiger charge is 2.37. The number of carbonyl (C=O) groups is 5. The van der Waals surface area contributed by atoms with E-state index >= 15 is 0 Å². The van der Waals surface area contributed by atoms with E-state index in [1.54, 1.807) is 0 Å². The third-order valence-electron chi connectivity index (χ3n) is 3.78. The molecule has 146 valence electrons. The molecule has 0 aromatic heterocycles. The van der Waals surface area contributed by atoms with E-state index in [9.17, 15) is 24.0 Å². The second-order valence-corrected chi connectivity index (χ2v) is 6.11. The highest BCUT2D eigenvalue weighted by atomic mass is 32.1. The van der Waals surface area contributed by atoms with Crippen LogP contribution in [0.1, 0.15) is 19.3 Å². The first-order valence-electron chi connectivity index (χ1n) is 7.86. The minimum Gasteiger partial charge on any atom is -0.481 e. The number of rotatable bonds is 9. The standard InChI is InChI=1S/C14H22N4O7S/c15-7(4-10(19)20)14(25)18-3-1-2-9(18)13(24)17-8(6-26)12(23)16-5-11(21)22/h7-9,26H,1-6,15H2,(H,16,23)(H,17,24)(H,19,20)(H,21,22). The van der Waals surface area contributed by atoms with E-state index in [0.29, 0.717) is 12.8 Å². The zero-order chi connectivity index (χ0) is 19.9. The maximum Gasteiger partial charge on any atom is 0.322 e. The summed E-state index contributed by atoms with van der Waals surface area (Å²) in [7, 11) is 0. The smallest absolute Gasteiger partial charge is 0.322 e. The molecular formula is C14H22N4O7S. The Morgan fingerprint density at radius 2 is 1.85 bits per heavy atom. The summed E-state index contributed by atoms with van der Waals surface area (Å²) in [6, 6.07) is -3.21. The Balaban J connectivity index is 2.71. The predicted octanol–water partition coefficient (Wildman–Crippen LogP) is -2.61. The lowest BCUT2D eigenvalue weighted by atomic mass is 10.1. The fourth-order valence-corrected chi connectivity index (χ4v) is 2.80. The molecule has 26 heavy (non-hydrogen) atoms. The van der Waals surface area contributed by atoms with Crippen LogP contribution >= 0.6 is 12.6 Å². The van der Waals surface area contributed by atoms with Gasteiger partial charge >= 0.3 is 11.9 Å². The first-order chi connectivity index (χ1) is 12.2. The van der Waals surface area contributed by atoms with Crippen LogP contribution in [0.15, 0.2) is 0 Å². The maximum atomic E-state index is 12.4. The third-order valence-corrected chi connectivity index (χ3v) is 4.14. The fourth-order valence-electron chi connectivity index (χ4n) is 2.54. The Labute approximate surface area is 154 Å². The van der Waals surface area contributed by atoms with Crippen LogP contribution in [0.4, 0.5) is 0 Å². The number of aliphatic carboxylic acids is 2. The molecule has 0 spiro atoms. The van der Waals surface area contributed by atoms with Gasteiger partial charge in [-0.3, -0.25) is 24.0 Å². The van der Waals surface area contributed by atoms with Gasteiger partial charge < -0.3 is 31.5 Å². The second-order valence-electron chi connectivity index (χ2n) is 5.75. The van der Waals surface area contributed by atoms with Crippen molar-refractivity contribution in [2.75, 3.05) is 18.8 Å². The van der Waals surface area contributed by atoms with E-state index in [1.165, 1.54) is 4.90 Å². The molecule has 6 N–H and O–H groups in total. The third kappa shape index (κ3) is 6.19. The normalized spacial score (nSPS) is 18.7. The van der Waals surface area contributed by atoms with E-state index in [2.05, 4.69) is 23.3 Å². The summed E-state index contributed by atoms with van der Waals surface area (Å²) in [5.74, 6) is -4.50. The van der Waals surface area contributed by atoms with Crippen molar-refractivity contribution in [3.8, 4) is 0 Å². The molecule has 11 nitrogen and oxygen atoms in total. The van der Waals surface area contributed by atoms with Gasteiger partial charge in [-0.1, -0.05) is 0 Å². The minimum atomic E-state index is -1.26. The zero-order valence-electron chi connectivity index (χ0n) is 13.9. The van der Waals surface area contributed by atoms with Gasteiger partial charge in [0, 0.05) is 12.3 Å². The molecule has 1 fully saturated rings. The monoisotopic (exact) mass is 390 g/mol. The minimum absolute atomic E-state index is 0.0730. The molecule has 3 atom stereocenters. The number of hydrogen-bond acceptors (Lipinski definition) is 7. The van der Waals surface area contributed by atoms with Crippen LogP contribution in [0.25, 0.3) is 0 Å². The summed E-state index contributed by atoms with van der Waals surface area (Å²) >= 11 is 3.96. The van der Waals surface area contributed by atoms with Crippen molar-refractivity contribution >= 4 is 42.3 Å². The number of carbonyl (C=O) groups excluding carboxylic acids is 3. The Morgan fingerprint density at radius 3 is 2.38 bits per heavy atom. The predicted molar refractivity (Wildman–Crippen MR) is 91.4 cm³/mol. The van der Waals surface area contributed by atoms with Gasteiger partial charge in [-0.05, 0) is 12.8 Å². The summed E-state index contributed by atoms with van der Waals surface area (Å²) in [6.45, 7) is -0.349. The van der Waals surface area contributed by atoms with Gasteiger partial charge in [0.1, 0.15) is 18.6 Å². The lowest BCUT2D eigenvalue weighted by Crippen LogP contribution is -2.56. The van der Waals surface area contributed by atoms with E-state index in [4.69, 9.17) is 15.9 Å². The molecule has 1 rings (SSSR count). The number of carboxylic acid groups (broad SMARTS) is 2. The molecule has 1 aliphatic heterocycles. The Morgan fingerprint density at radius 1 is 1.19 bits per heavy atom. The average Bonchev–Trinajstić information content (AvgIpc) is 3.05. The molecule has 0 bridgehead atoms. The highest BCUT2D eigenvalue weighted by Crippen LogP contribution is 2.19. The van der Waals surface area contributed by atoms with Crippen molar-refractivity contribution in [1.29, 1.82) is 0 Å². The summed E-state index contributed by atoms with van der Waals surface area (Å²) in [4.78, 5) is 58.9. The topological polar surface area (TPSA) is 179 Å². The Bertz CT molecular complexity index is 586. The number of hydrogen-bond donors (Lipinski definition) is 6. The van der Waals surface area contributed by atoms with Gasteiger partial charge in [-0.15, -0.1) is 0 Å². The van der Waals surface area contributed by atoms with Gasteiger partial charge in [0.2, 0.25) is 17.7 Å². The first-order valence-corrected chi connectivity index (χ1v) is 8.49. The number of nitrogens with two attached hydrogens (primary N) is 1. The van der Waals surface area contributed by atoms with Crippen molar-refractivity contribution in [3.05, 3.63) is 0 Å². The summed E-state index contributed by atoms with van der Waals surface area (Å²) < 4.78 is 0. The number of amides is 3. The maximum absolute atomic E-state index is 12.4. The first kappa shape index (κ1) is 21.7. The van der Waals surface area contributed by atoms with Gasteiger partial charge in [0.25, 0.3) is 0 Å². The molecule has 3 unspecified atom stereocenters. The lowest BCUT2D eigenvalue weighted by Gasteiger charge is -2.27. The summed E-state index contributed by atoms with van der Waals surface area (Å²) in [5, 5.41) is 21.9. The number of likely N-dealkylation sites (tertiary alicyclic amines) is 1. The SMILES string of the molecule is NC(CC(=O)O)C(=O)N1CCCC1C(=O)NC(CS)C(=O)NCC(=O)O. The molecule has 1 saturated heterocycles. The van der Waals surface area contributed by atoms with Gasteiger partial charge in [-0.2, -0.15) is 12.6 Å². The van der Waals surface area contributed by atoms with Crippen molar-refractivity contribution in [2.45, 2.75) is 37.4 Å². The molecule has 12 heteroatoms. The van der Waals surface area contributed by atoms with Crippen LogP contribution in [0, 0.1) is 0 Å². The molecule has 0 radical (unpaired) electrons. The van der Waals surface area contributed by atoms with Crippen LogP contribution in [0.3, 0.4) is 0 Å². The molecule has 1 heterocycles. The van der Waals surface area contributed by atoms with Crippen molar-refractivity contribution < 1.29 is 34.2 Å². The average molecular weight is 390 g/mol. The van der Waals surface area contributed by atoms with E-state index < -0.39 is 60.8 Å². The van der Waals surface area contributed by atoms with E-state index in [1.807, 2.05) is 0 Å². The summed E-state index contributed by atoms with van der Waals surface area (Å²) in [5.41, 5.74) is 5.57. The lowest BCUT2D eigenvalue weighted by molar-refractivity contribution is -0.144. The van der Waals surface area contributed by atoms with Gasteiger partial charge in [-0.25, -0.2) is 0 Å². The van der Waals surface area contributed by atoms with Crippen LogP contribution < -0.4 is 16.4 Å². The zero-order valence-corrected chi connectivity index (χ0v) is 14.8. The number of nitrogens with one attached hydrogen (secondary N) is 2. The van der Waals surface area contributed by atoms with Crippen LogP contribution in [0.5, 0.6) is 0 Å². The van der Waals surface area contributed by atoms with Crippen LogP contribution in [-0.2, 0) is 24.0 Å². The molecule has 0 aromatic carbocycles. The molecule has 0 aliphatic carbocycles. The van der Waals surface area contributed by atoms with Gasteiger partial charge in [0.05, 0.1) is 12.5 Å². The van der Waals surface area contributed by atoms with Crippen LogP contribution in [0.2, 0.25) is 0 Å².